The number of hydrogen-bond donors (Lipinski definition) is 1. The van der Waals surface area contributed by atoms with E-state index < -0.39 is 24.8 Å². The van der Waals surface area contributed by atoms with E-state index in [4.69, 9.17) is 0 Å². The van der Waals surface area contributed by atoms with E-state index in [0.717, 1.165) is 43.4 Å². The number of rotatable bonds is 4. The Labute approximate surface area is 206 Å². The van der Waals surface area contributed by atoms with Gasteiger partial charge >= 0.3 is 12.4 Å². The normalized spacial score (nSPS) is 30.9. The predicted molar refractivity (Wildman–Crippen MR) is 125 cm³/mol. The maximum atomic E-state index is 13.0. The maximum Gasteiger partial charge on any atom is 0.402 e. The third-order valence-corrected chi connectivity index (χ3v) is 9.35. The highest BCUT2D eigenvalue weighted by Crippen LogP contribution is 2.51. The van der Waals surface area contributed by atoms with Crippen LogP contribution in [0, 0.1) is 17.8 Å². The summed E-state index contributed by atoms with van der Waals surface area (Å²) in [6, 6.07) is 6.41. The first kappa shape index (κ1) is 25.4. The van der Waals surface area contributed by atoms with Gasteiger partial charge in [-0.15, -0.1) is 0 Å². The lowest BCUT2D eigenvalue weighted by Gasteiger charge is -2.34. The summed E-state index contributed by atoms with van der Waals surface area (Å²) in [5, 5.41) is 0. The average Bonchev–Trinajstić information content (AvgIpc) is 3.27. The van der Waals surface area contributed by atoms with E-state index in [0.29, 0.717) is 38.0 Å². The van der Waals surface area contributed by atoms with Gasteiger partial charge in [0.05, 0.1) is 5.92 Å². The van der Waals surface area contributed by atoms with Crippen LogP contribution in [0.15, 0.2) is 24.3 Å². The molecule has 1 aromatic rings. The molecular formula is C25H31F6N3S. The molecule has 0 radical (unpaired) electrons. The van der Waals surface area contributed by atoms with Gasteiger partial charge in [0.2, 0.25) is 0 Å². The van der Waals surface area contributed by atoms with E-state index in [1.165, 1.54) is 15.4 Å². The molecule has 4 aliphatic rings. The molecule has 2 saturated heterocycles. The zero-order chi connectivity index (χ0) is 24.8. The van der Waals surface area contributed by atoms with Crippen molar-refractivity contribution in [2.45, 2.75) is 56.4 Å². The number of benzene rings is 1. The van der Waals surface area contributed by atoms with Gasteiger partial charge < -0.3 is 0 Å². The number of likely N-dealkylation sites (tertiary alicyclic amines) is 1. The predicted octanol–water partition coefficient (Wildman–Crippen LogP) is 5.87. The Kier molecular flexibility index (Phi) is 6.96. The van der Waals surface area contributed by atoms with Crippen molar-refractivity contribution in [2.24, 2.45) is 17.8 Å². The lowest BCUT2D eigenvalue weighted by Crippen LogP contribution is -2.51. The molecule has 10 heteroatoms. The van der Waals surface area contributed by atoms with E-state index in [1.54, 1.807) is 0 Å². The summed E-state index contributed by atoms with van der Waals surface area (Å²) in [6.45, 7) is 1.06. The first-order chi connectivity index (χ1) is 16.5. The molecule has 3 atom stereocenters. The van der Waals surface area contributed by atoms with Gasteiger partial charge in [0.15, 0.2) is 0 Å². The van der Waals surface area contributed by atoms with Gasteiger partial charge in [-0.25, -0.2) is 9.03 Å². The van der Waals surface area contributed by atoms with Gasteiger partial charge in [-0.3, -0.25) is 4.90 Å². The van der Waals surface area contributed by atoms with E-state index in [2.05, 4.69) is 27.8 Å². The van der Waals surface area contributed by atoms with Gasteiger partial charge in [-0.1, -0.05) is 30.4 Å². The average molecular weight is 520 g/mol. The molecule has 1 N–H and O–H groups in total. The molecule has 2 aliphatic heterocycles. The minimum absolute atomic E-state index is 0.160. The Morgan fingerprint density at radius 3 is 2.31 bits per heavy atom. The third-order valence-electron chi connectivity index (χ3n) is 8.37. The third kappa shape index (κ3) is 5.55. The maximum absolute atomic E-state index is 13.0. The molecule has 2 heterocycles. The Balaban J connectivity index is 1.21. The van der Waals surface area contributed by atoms with Crippen molar-refractivity contribution < 1.29 is 26.3 Å². The molecule has 3 fully saturated rings. The molecule has 2 bridgehead atoms. The summed E-state index contributed by atoms with van der Waals surface area (Å²) in [4.78, 5) is 2.06. The highest BCUT2D eigenvalue weighted by atomic mass is 32.2. The number of hydrogen-bond acceptors (Lipinski definition) is 4. The standard InChI is InChI=1S/C25H31F6N3S/c26-24(27,28)16-34-15-23(32-35-34)21-5-6-22(23)14-19-12-17(3-4-18(19)13-21)2-1-9-33-10-7-20(8-11-33)25(29,30)31/h1-4,12,20-22,32H,5-11,13-16H2/b2-1+/t21-,22-,23-/m1/s1. The van der Waals surface area contributed by atoms with Crippen molar-refractivity contribution in [3.05, 3.63) is 41.0 Å². The van der Waals surface area contributed by atoms with Crippen molar-refractivity contribution in [3.63, 3.8) is 0 Å². The van der Waals surface area contributed by atoms with Crippen LogP contribution < -0.4 is 4.72 Å². The van der Waals surface area contributed by atoms with Gasteiger partial charge in [0, 0.05) is 30.8 Å². The van der Waals surface area contributed by atoms with Gasteiger partial charge in [-0.2, -0.15) is 26.3 Å². The van der Waals surface area contributed by atoms with Crippen molar-refractivity contribution in [2.75, 3.05) is 32.7 Å². The fourth-order valence-corrected chi connectivity index (χ4v) is 7.67. The molecule has 194 valence electrons. The molecule has 1 saturated carbocycles. The molecule has 35 heavy (non-hydrogen) atoms. The van der Waals surface area contributed by atoms with E-state index in [-0.39, 0.29) is 18.4 Å². The number of piperidine rings is 1. The molecule has 0 unspecified atom stereocenters. The molecule has 2 aliphatic carbocycles. The summed E-state index contributed by atoms with van der Waals surface area (Å²) < 4.78 is 82.3. The largest absolute Gasteiger partial charge is 0.402 e. The number of alkyl halides is 6. The molecule has 1 spiro atoms. The molecule has 0 aromatic heterocycles. The Morgan fingerprint density at radius 1 is 0.971 bits per heavy atom. The van der Waals surface area contributed by atoms with Crippen LogP contribution in [0.25, 0.3) is 6.08 Å². The molecule has 5 rings (SSSR count). The fourth-order valence-electron chi connectivity index (χ4n) is 6.49. The van der Waals surface area contributed by atoms with Crippen LogP contribution in [0.3, 0.4) is 0 Å². The number of nitrogens with zero attached hydrogens (tertiary/aromatic N) is 2. The quantitative estimate of drug-likeness (QED) is 0.396. The van der Waals surface area contributed by atoms with Crippen LogP contribution >= 0.6 is 12.1 Å². The lowest BCUT2D eigenvalue weighted by atomic mass is 9.79. The van der Waals surface area contributed by atoms with Gasteiger partial charge in [-0.05, 0) is 80.1 Å². The van der Waals surface area contributed by atoms with E-state index in [1.807, 2.05) is 12.2 Å². The minimum atomic E-state index is -4.21. The van der Waals surface area contributed by atoms with Crippen molar-refractivity contribution in [1.29, 1.82) is 0 Å². The molecule has 3 nitrogen and oxygen atoms in total. The van der Waals surface area contributed by atoms with Crippen LogP contribution in [0.1, 0.15) is 42.4 Å². The molecular weight excluding hydrogens is 488 g/mol. The zero-order valence-electron chi connectivity index (χ0n) is 19.5. The van der Waals surface area contributed by atoms with E-state index >= 15 is 0 Å². The van der Waals surface area contributed by atoms with Gasteiger partial charge in [0.1, 0.15) is 6.54 Å². The summed E-state index contributed by atoms with van der Waals surface area (Å²) in [7, 11) is 0. The van der Waals surface area contributed by atoms with Crippen LogP contribution in [0.4, 0.5) is 26.3 Å². The summed E-state index contributed by atoms with van der Waals surface area (Å²) >= 11 is 1.12. The molecule has 1 aromatic carbocycles. The minimum Gasteiger partial charge on any atom is -0.300 e. The summed E-state index contributed by atoms with van der Waals surface area (Å²) in [5.41, 5.74) is 3.33. The smallest absolute Gasteiger partial charge is 0.300 e. The van der Waals surface area contributed by atoms with Crippen molar-refractivity contribution in [3.8, 4) is 0 Å². The van der Waals surface area contributed by atoms with E-state index in [9.17, 15) is 26.3 Å². The first-order valence-electron chi connectivity index (χ1n) is 12.3. The molecule has 0 amide bonds. The van der Waals surface area contributed by atoms with Crippen molar-refractivity contribution in [1.82, 2.24) is 13.9 Å². The monoisotopic (exact) mass is 519 g/mol. The fraction of sp³-hybridized carbons (Fsp3) is 0.680. The second-order valence-corrected chi connectivity index (χ2v) is 11.5. The number of halogens is 6. The Morgan fingerprint density at radius 2 is 1.66 bits per heavy atom. The highest BCUT2D eigenvalue weighted by molar-refractivity contribution is 7.95. The SMILES string of the molecule is FC(F)(F)CN1C[C@@]2(NS1)[C@@H]1CC[C@@H]2Cc2cc(/C=C/CN3CCC(C(F)(F)F)CC3)ccc2C1. The lowest BCUT2D eigenvalue weighted by molar-refractivity contribution is -0.184. The summed E-state index contributed by atoms with van der Waals surface area (Å²) in [5.74, 6) is -0.562. The van der Waals surface area contributed by atoms with Crippen molar-refractivity contribution >= 4 is 18.2 Å². The van der Waals surface area contributed by atoms with Crippen LogP contribution in [0.5, 0.6) is 0 Å². The van der Waals surface area contributed by atoms with Crippen LogP contribution in [-0.2, 0) is 12.8 Å². The number of nitrogens with one attached hydrogen (secondary N) is 1. The summed E-state index contributed by atoms with van der Waals surface area (Å²) in [6.07, 6.45) is -0.152. The second-order valence-electron chi connectivity index (χ2n) is 10.6. The Bertz CT molecular complexity index is 940. The zero-order valence-corrected chi connectivity index (χ0v) is 20.3. The van der Waals surface area contributed by atoms with Gasteiger partial charge in [0.25, 0.3) is 0 Å². The highest BCUT2D eigenvalue weighted by Gasteiger charge is 2.56. The number of fused-ring (bicyclic) bond motifs is 1. The van der Waals surface area contributed by atoms with Crippen LogP contribution in [-0.4, -0.2) is 59.8 Å². The second kappa shape index (κ2) is 9.58. The van der Waals surface area contributed by atoms with Crippen LogP contribution in [0.2, 0.25) is 0 Å². The first-order valence-corrected chi connectivity index (χ1v) is 13.1. The Hall–Kier alpha value is -1.23. The topological polar surface area (TPSA) is 18.5 Å².